The maximum absolute atomic E-state index is 6.15. The first-order chi connectivity index (χ1) is 17.7. The van der Waals surface area contributed by atoms with Crippen LogP contribution >= 0.6 is 0 Å². The van der Waals surface area contributed by atoms with E-state index < -0.39 is 0 Å². The van der Waals surface area contributed by atoms with Crippen molar-refractivity contribution in [3.05, 3.63) is 72.1 Å². The lowest BCUT2D eigenvalue weighted by Gasteiger charge is -2.46. The normalized spacial score (nSPS) is 20.3. The molecule has 5 heterocycles. The van der Waals surface area contributed by atoms with Crippen molar-refractivity contribution in [2.45, 2.75) is 32.4 Å². The summed E-state index contributed by atoms with van der Waals surface area (Å²) in [7, 11) is 0. The van der Waals surface area contributed by atoms with Crippen LogP contribution in [0.1, 0.15) is 24.1 Å². The minimum Gasteiger partial charge on any atom is -0.477 e. The molecule has 1 aromatic carbocycles. The lowest BCUT2D eigenvalue weighted by Crippen LogP contribution is -2.57. The van der Waals surface area contributed by atoms with Crippen LogP contribution in [0.2, 0.25) is 0 Å². The Labute approximate surface area is 211 Å². The third-order valence-electron chi connectivity index (χ3n) is 7.27. The van der Waals surface area contributed by atoms with Crippen LogP contribution in [0.15, 0.2) is 65.3 Å². The van der Waals surface area contributed by atoms with E-state index in [0.29, 0.717) is 31.0 Å². The average Bonchev–Trinajstić information content (AvgIpc) is 3.36. The van der Waals surface area contributed by atoms with Gasteiger partial charge in [-0.1, -0.05) is 29.4 Å². The number of anilines is 2. The highest BCUT2D eigenvalue weighted by Gasteiger charge is 2.34. The monoisotopic (exact) mass is 484 g/mol. The topological polar surface area (TPSA) is 79.5 Å². The van der Waals surface area contributed by atoms with E-state index in [4.69, 9.17) is 9.26 Å². The van der Waals surface area contributed by atoms with Crippen molar-refractivity contribution in [2.75, 3.05) is 43.0 Å². The SMILES string of the molecule is Cc1ccc(NCc2cccc(OC[C@@H]3CC[C@@H]4CN(c5noc6ccccc56)CCN4C3)n2)nc1. The predicted octanol–water partition coefficient (Wildman–Crippen LogP) is 4.52. The van der Waals surface area contributed by atoms with Gasteiger partial charge in [0.05, 0.1) is 24.2 Å². The molecule has 2 fully saturated rings. The Morgan fingerprint density at radius 3 is 2.89 bits per heavy atom. The highest BCUT2D eigenvalue weighted by Crippen LogP contribution is 2.31. The predicted molar refractivity (Wildman–Crippen MR) is 140 cm³/mol. The first-order valence-electron chi connectivity index (χ1n) is 12.8. The minimum atomic E-state index is 0.515. The molecule has 2 atom stereocenters. The van der Waals surface area contributed by atoms with E-state index in [1.54, 1.807) is 0 Å². The Hall–Kier alpha value is -3.65. The van der Waals surface area contributed by atoms with Crippen LogP contribution in [-0.2, 0) is 6.54 Å². The summed E-state index contributed by atoms with van der Waals surface area (Å²) in [5, 5.41) is 8.80. The second kappa shape index (κ2) is 10.1. The van der Waals surface area contributed by atoms with E-state index >= 15 is 0 Å². The zero-order valence-corrected chi connectivity index (χ0v) is 20.6. The summed E-state index contributed by atoms with van der Waals surface area (Å²) in [5.74, 6) is 3.04. The van der Waals surface area contributed by atoms with Crippen LogP contribution in [0.25, 0.3) is 11.0 Å². The molecule has 8 nitrogen and oxygen atoms in total. The van der Waals surface area contributed by atoms with Gasteiger partial charge >= 0.3 is 0 Å². The Kier molecular flexibility index (Phi) is 6.42. The number of aromatic nitrogens is 3. The van der Waals surface area contributed by atoms with Crippen molar-refractivity contribution in [1.29, 1.82) is 0 Å². The third kappa shape index (κ3) is 4.99. The Bertz CT molecular complexity index is 1310. The zero-order valence-electron chi connectivity index (χ0n) is 20.6. The summed E-state index contributed by atoms with van der Waals surface area (Å²) in [6.07, 6.45) is 4.19. The van der Waals surface area contributed by atoms with Crippen LogP contribution < -0.4 is 15.0 Å². The highest BCUT2D eigenvalue weighted by atomic mass is 16.5. The van der Waals surface area contributed by atoms with Crippen LogP contribution in [-0.4, -0.2) is 58.9 Å². The fourth-order valence-corrected chi connectivity index (χ4v) is 5.28. The number of para-hydroxylation sites is 1. The molecule has 0 spiro atoms. The van der Waals surface area contributed by atoms with Gasteiger partial charge in [0, 0.05) is 50.4 Å². The number of hydrogen-bond donors (Lipinski definition) is 1. The molecule has 0 bridgehead atoms. The molecule has 6 rings (SSSR count). The summed E-state index contributed by atoms with van der Waals surface area (Å²) in [4.78, 5) is 14.1. The van der Waals surface area contributed by atoms with Crippen LogP contribution in [0.5, 0.6) is 5.88 Å². The lowest BCUT2D eigenvalue weighted by atomic mass is 9.91. The van der Waals surface area contributed by atoms with Gasteiger partial charge in [0.1, 0.15) is 5.82 Å². The molecule has 0 saturated carbocycles. The number of nitrogens with zero attached hydrogens (tertiary/aromatic N) is 5. The maximum Gasteiger partial charge on any atom is 0.213 e. The third-order valence-corrected chi connectivity index (χ3v) is 7.27. The number of ether oxygens (including phenoxy) is 1. The standard InChI is InChI=1S/C28H32N6O2/c1-20-9-12-26(29-15-20)30-16-22-5-4-8-27(31-22)35-19-21-10-11-23-18-34(14-13-33(23)17-21)28-24-6-2-3-7-25(24)36-32-28/h2-9,12,15,21,23H,10-11,13-14,16-19H2,1H3,(H,29,30)/t21-,23-/m1/s1. The molecule has 0 amide bonds. The lowest BCUT2D eigenvalue weighted by molar-refractivity contribution is 0.0716. The van der Waals surface area contributed by atoms with Gasteiger partial charge in [0.15, 0.2) is 11.4 Å². The molecular formula is C28H32N6O2. The van der Waals surface area contributed by atoms with E-state index in [1.807, 2.05) is 61.7 Å². The second-order valence-electron chi connectivity index (χ2n) is 9.89. The summed E-state index contributed by atoms with van der Waals surface area (Å²) in [6, 6.07) is 18.7. The Morgan fingerprint density at radius 2 is 1.97 bits per heavy atom. The van der Waals surface area contributed by atoms with Gasteiger partial charge < -0.3 is 19.5 Å². The number of pyridine rings is 2. The van der Waals surface area contributed by atoms with Gasteiger partial charge in [0.25, 0.3) is 0 Å². The average molecular weight is 485 g/mol. The number of hydrogen-bond acceptors (Lipinski definition) is 8. The molecular weight excluding hydrogens is 452 g/mol. The van der Waals surface area contributed by atoms with E-state index in [9.17, 15) is 0 Å². The second-order valence-corrected chi connectivity index (χ2v) is 9.89. The molecule has 1 N–H and O–H groups in total. The van der Waals surface area contributed by atoms with Crippen LogP contribution in [0, 0.1) is 12.8 Å². The van der Waals surface area contributed by atoms with E-state index in [1.165, 1.54) is 6.42 Å². The van der Waals surface area contributed by atoms with E-state index in [-0.39, 0.29) is 0 Å². The molecule has 8 heteroatoms. The quantitative estimate of drug-likeness (QED) is 0.410. The van der Waals surface area contributed by atoms with Gasteiger partial charge in [-0.25, -0.2) is 9.97 Å². The number of nitrogens with one attached hydrogen (secondary N) is 1. The largest absolute Gasteiger partial charge is 0.477 e. The van der Waals surface area contributed by atoms with Gasteiger partial charge in [0.2, 0.25) is 5.88 Å². The van der Waals surface area contributed by atoms with Gasteiger partial charge in [-0.15, -0.1) is 0 Å². The number of benzene rings is 1. The summed E-state index contributed by atoms with van der Waals surface area (Å²) < 4.78 is 11.7. The number of rotatable bonds is 7. The first kappa shape index (κ1) is 22.8. The fourth-order valence-electron chi connectivity index (χ4n) is 5.28. The van der Waals surface area contributed by atoms with Crippen molar-refractivity contribution in [3.63, 3.8) is 0 Å². The van der Waals surface area contributed by atoms with Gasteiger partial charge in [-0.05, 0) is 49.6 Å². The molecule has 0 unspecified atom stereocenters. The first-order valence-corrected chi connectivity index (χ1v) is 12.8. The molecule has 0 aliphatic carbocycles. The Morgan fingerprint density at radius 1 is 1.03 bits per heavy atom. The molecule has 2 saturated heterocycles. The number of piperazine rings is 1. The van der Waals surface area contributed by atoms with Crippen molar-refractivity contribution < 1.29 is 9.26 Å². The Balaban J connectivity index is 1.000. The molecule has 2 aliphatic heterocycles. The molecule has 0 radical (unpaired) electrons. The molecule has 3 aromatic heterocycles. The van der Waals surface area contributed by atoms with Crippen molar-refractivity contribution in [3.8, 4) is 5.88 Å². The van der Waals surface area contributed by atoms with Crippen molar-refractivity contribution >= 4 is 22.6 Å². The summed E-state index contributed by atoms with van der Waals surface area (Å²) >= 11 is 0. The molecule has 2 aliphatic rings. The number of aryl methyl sites for hydroxylation is 1. The van der Waals surface area contributed by atoms with Crippen molar-refractivity contribution in [2.24, 2.45) is 5.92 Å². The molecule has 36 heavy (non-hydrogen) atoms. The fraction of sp³-hybridized carbons (Fsp3) is 0.393. The van der Waals surface area contributed by atoms with Crippen LogP contribution in [0.3, 0.4) is 0 Å². The summed E-state index contributed by atoms with van der Waals surface area (Å²) in [6.45, 7) is 7.41. The molecule has 4 aromatic rings. The van der Waals surface area contributed by atoms with E-state index in [0.717, 1.165) is 66.5 Å². The number of piperidine rings is 1. The maximum atomic E-state index is 6.15. The smallest absolute Gasteiger partial charge is 0.213 e. The van der Waals surface area contributed by atoms with Gasteiger partial charge in [-0.3, -0.25) is 4.90 Å². The minimum absolute atomic E-state index is 0.515. The molecule has 186 valence electrons. The highest BCUT2D eigenvalue weighted by molar-refractivity contribution is 5.88. The van der Waals surface area contributed by atoms with Crippen molar-refractivity contribution in [1.82, 2.24) is 20.0 Å². The number of fused-ring (bicyclic) bond motifs is 2. The van der Waals surface area contributed by atoms with E-state index in [2.05, 4.69) is 36.3 Å². The van der Waals surface area contributed by atoms with Crippen LogP contribution in [0.4, 0.5) is 11.6 Å². The zero-order chi connectivity index (χ0) is 24.3. The van der Waals surface area contributed by atoms with Gasteiger partial charge in [-0.2, -0.15) is 0 Å². The summed E-state index contributed by atoms with van der Waals surface area (Å²) in [5.41, 5.74) is 2.94.